The molecule has 1 aromatic rings. The largest absolute Gasteiger partial charge is 0.493 e. The fourth-order valence-corrected chi connectivity index (χ4v) is 2.24. The number of ether oxygens (including phenoxy) is 3. The third-order valence-electron chi connectivity index (χ3n) is 3.29. The number of nitrogens with one attached hydrogen (secondary N) is 1. The summed E-state index contributed by atoms with van der Waals surface area (Å²) in [6.07, 6.45) is 3.81. The Morgan fingerprint density at radius 3 is 2.74 bits per heavy atom. The van der Waals surface area contributed by atoms with Gasteiger partial charge < -0.3 is 19.5 Å². The lowest BCUT2D eigenvalue weighted by Crippen LogP contribution is -2.37. The normalized spacial score (nSPS) is 19.1. The Hall–Kier alpha value is -1.26. The molecule has 1 unspecified atom stereocenters. The number of methoxy groups -OCH3 is 1. The first-order valence-electron chi connectivity index (χ1n) is 6.97. The van der Waals surface area contributed by atoms with Crippen molar-refractivity contribution in [2.24, 2.45) is 0 Å². The molecule has 1 N–H and O–H groups in total. The van der Waals surface area contributed by atoms with Crippen LogP contribution in [0, 0.1) is 0 Å². The standard InChI is InChI=1S/C15H23NO3/c1-17-14-7-2-3-8-15(14)19-11-10-18-12-13-6-4-5-9-16-13/h2-3,7-8,13,16H,4-6,9-12H2,1H3. The lowest BCUT2D eigenvalue weighted by atomic mass is 10.1. The Morgan fingerprint density at radius 2 is 2.00 bits per heavy atom. The van der Waals surface area contributed by atoms with Gasteiger partial charge >= 0.3 is 0 Å². The molecular weight excluding hydrogens is 242 g/mol. The van der Waals surface area contributed by atoms with E-state index in [0.29, 0.717) is 19.3 Å². The van der Waals surface area contributed by atoms with Crippen LogP contribution >= 0.6 is 0 Å². The van der Waals surface area contributed by atoms with Gasteiger partial charge in [0, 0.05) is 6.04 Å². The van der Waals surface area contributed by atoms with E-state index in [1.54, 1.807) is 7.11 Å². The summed E-state index contributed by atoms with van der Waals surface area (Å²) in [5, 5.41) is 3.46. The van der Waals surface area contributed by atoms with Crippen molar-refractivity contribution in [3.63, 3.8) is 0 Å². The maximum absolute atomic E-state index is 5.65. The summed E-state index contributed by atoms with van der Waals surface area (Å²) in [5.41, 5.74) is 0. The van der Waals surface area contributed by atoms with Crippen LogP contribution in [0.4, 0.5) is 0 Å². The Balaban J connectivity index is 1.61. The van der Waals surface area contributed by atoms with Crippen molar-refractivity contribution in [1.82, 2.24) is 5.32 Å². The van der Waals surface area contributed by atoms with Gasteiger partial charge in [-0.05, 0) is 31.5 Å². The molecule has 0 aromatic heterocycles. The highest BCUT2D eigenvalue weighted by Gasteiger charge is 2.12. The molecule has 4 nitrogen and oxygen atoms in total. The van der Waals surface area contributed by atoms with E-state index >= 15 is 0 Å². The minimum atomic E-state index is 0.514. The number of hydrogen-bond donors (Lipinski definition) is 1. The zero-order valence-corrected chi connectivity index (χ0v) is 11.6. The molecule has 1 saturated heterocycles. The number of para-hydroxylation sites is 2. The third kappa shape index (κ3) is 4.73. The molecule has 106 valence electrons. The van der Waals surface area contributed by atoms with E-state index in [4.69, 9.17) is 14.2 Å². The molecule has 0 bridgehead atoms. The first-order valence-corrected chi connectivity index (χ1v) is 6.97. The molecular formula is C15H23NO3. The molecule has 1 atom stereocenters. The summed E-state index contributed by atoms with van der Waals surface area (Å²) in [6.45, 7) is 3.05. The van der Waals surface area contributed by atoms with E-state index in [1.165, 1.54) is 19.3 Å². The average molecular weight is 265 g/mol. The number of piperidine rings is 1. The second kappa shape index (κ2) is 8.02. The summed E-state index contributed by atoms with van der Waals surface area (Å²) in [7, 11) is 1.65. The summed E-state index contributed by atoms with van der Waals surface area (Å²) >= 11 is 0. The highest BCUT2D eigenvalue weighted by molar-refractivity contribution is 5.39. The minimum Gasteiger partial charge on any atom is -0.493 e. The van der Waals surface area contributed by atoms with Crippen molar-refractivity contribution >= 4 is 0 Å². The molecule has 19 heavy (non-hydrogen) atoms. The Kier molecular flexibility index (Phi) is 5.98. The Bertz CT molecular complexity index is 364. The zero-order valence-electron chi connectivity index (χ0n) is 11.6. The van der Waals surface area contributed by atoms with Gasteiger partial charge in [0.05, 0.1) is 20.3 Å². The molecule has 1 fully saturated rings. The topological polar surface area (TPSA) is 39.7 Å². The molecule has 0 saturated carbocycles. The van der Waals surface area contributed by atoms with Crippen molar-refractivity contribution in [3.05, 3.63) is 24.3 Å². The molecule has 4 heteroatoms. The van der Waals surface area contributed by atoms with Crippen LogP contribution < -0.4 is 14.8 Å². The predicted octanol–water partition coefficient (Wildman–Crippen LogP) is 2.23. The summed E-state index contributed by atoms with van der Waals surface area (Å²) in [5.74, 6) is 1.53. The van der Waals surface area contributed by atoms with Crippen LogP contribution in [-0.2, 0) is 4.74 Å². The van der Waals surface area contributed by atoms with E-state index in [-0.39, 0.29) is 0 Å². The zero-order chi connectivity index (χ0) is 13.3. The van der Waals surface area contributed by atoms with Crippen molar-refractivity contribution in [1.29, 1.82) is 0 Å². The van der Waals surface area contributed by atoms with Gasteiger partial charge in [-0.1, -0.05) is 18.6 Å². The molecule has 0 aliphatic carbocycles. The fraction of sp³-hybridized carbons (Fsp3) is 0.600. The van der Waals surface area contributed by atoms with E-state index < -0.39 is 0 Å². The van der Waals surface area contributed by atoms with Gasteiger partial charge in [-0.3, -0.25) is 0 Å². The van der Waals surface area contributed by atoms with Gasteiger partial charge in [-0.15, -0.1) is 0 Å². The number of hydrogen-bond acceptors (Lipinski definition) is 4. The van der Waals surface area contributed by atoms with Crippen LogP contribution in [0.15, 0.2) is 24.3 Å². The molecule has 2 rings (SSSR count). The van der Waals surface area contributed by atoms with Crippen molar-refractivity contribution < 1.29 is 14.2 Å². The first-order chi connectivity index (χ1) is 9.40. The Morgan fingerprint density at radius 1 is 1.16 bits per heavy atom. The molecule has 1 aromatic carbocycles. The second-order valence-corrected chi connectivity index (χ2v) is 4.72. The first kappa shape index (κ1) is 14.2. The summed E-state index contributed by atoms with van der Waals surface area (Å²) in [6, 6.07) is 8.17. The molecule has 1 heterocycles. The highest BCUT2D eigenvalue weighted by Crippen LogP contribution is 2.25. The highest BCUT2D eigenvalue weighted by atomic mass is 16.5. The van der Waals surface area contributed by atoms with Crippen molar-refractivity contribution in [2.45, 2.75) is 25.3 Å². The quantitative estimate of drug-likeness (QED) is 0.767. The van der Waals surface area contributed by atoms with Gasteiger partial charge in [0.1, 0.15) is 6.61 Å². The van der Waals surface area contributed by atoms with E-state index in [1.807, 2.05) is 24.3 Å². The van der Waals surface area contributed by atoms with Gasteiger partial charge in [-0.2, -0.15) is 0 Å². The molecule has 1 aliphatic heterocycles. The van der Waals surface area contributed by atoms with E-state index in [0.717, 1.165) is 24.7 Å². The van der Waals surface area contributed by atoms with Crippen molar-refractivity contribution in [3.8, 4) is 11.5 Å². The van der Waals surface area contributed by atoms with Crippen LogP contribution in [0.25, 0.3) is 0 Å². The van der Waals surface area contributed by atoms with Crippen LogP contribution in [0.3, 0.4) is 0 Å². The maximum atomic E-state index is 5.65. The van der Waals surface area contributed by atoms with Crippen LogP contribution in [0.5, 0.6) is 11.5 Å². The van der Waals surface area contributed by atoms with E-state index in [2.05, 4.69) is 5.32 Å². The van der Waals surface area contributed by atoms with E-state index in [9.17, 15) is 0 Å². The summed E-state index contributed by atoms with van der Waals surface area (Å²) < 4.78 is 16.5. The SMILES string of the molecule is COc1ccccc1OCCOCC1CCCCN1. The van der Waals surface area contributed by atoms with Gasteiger partial charge in [-0.25, -0.2) is 0 Å². The average Bonchev–Trinajstić information content (AvgIpc) is 2.48. The van der Waals surface area contributed by atoms with Gasteiger partial charge in [0.25, 0.3) is 0 Å². The lowest BCUT2D eigenvalue weighted by molar-refractivity contribution is 0.0770. The van der Waals surface area contributed by atoms with Crippen LogP contribution in [0.1, 0.15) is 19.3 Å². The number of benzene rings is 1. The predicted molar refractivity (Wildman–Crippen MR) is 74.9 cm³/mol. The summed E-state index contributed by atoms with van der Waals surface area (Å²) in [4.78, 5) is 0. The fourth-order valence-electron chi connectivity index (χ4n) is 2.24. The lowest BCUT2D eigenvalue weighted by Gasteiger charge is -2.23. The van der Waals surface area contributed by atoms with Gasteiger partial charge in [0.2, 0.25) is 0 Å². The molecule has 1 aliphatic rings. The smallest absolute Gasteiger partial charge is 0.161 e. The Labute approximate surface area is 115 Å². The molecule has 0 spiro atoms. The second-order valence-electron chi connectivity index (χ2n) is 4.72. The minimum absolute atomic E-state index is 0.514. The molecule has 0 amide bonds. The van der Waals surface area contributed by atoms with Crippen LogP contribution in [0.2, 0.25) is 0 Å². The van der Waals surface area contributed by atoms with Crippen LogP contribution in [-0.4, -0.2) is 39.5 Å². The molecule has 0 radical (unpaired) electrons. The third-order valence-corrected chi connectivity index (χ3v) is 3.29. The monoisotopic (exact) mass is 265 g/mol. The number of rotatable bonds is 7. The van der Waals surface area contributed by atoms with Gasteiger partial charge in [0.15, 0.2) is 11.5 Å². The van der Waals surface area contributed by atoms with Crippen molar-refractivity contribution in [2.75, 3.05) is 33.5 Å². The maximum Gasteiger partial charge on any atom is 0.161 e.